The number of rotatable bonds is 5. The van der Waals surface area contributed by atoms with Gasteiger partial charge in [-0.3, -0.25) is 14.9 Å². The summed E-state index contributed by atoms with van der Waals surface area (Å²) >= 11 is 0. The van der Waals surface area contributed by atoms with Crippen LogP contribution >= 0.6 is 0 Å². The Morgan fingerprint density at radius 3 is 2.60 bits per heavy atom. The summed E-state index contributed by atoms with van der Waals surface area (Å²) in [7, 11) is 1.44. The average Bonchev–Trinajstić information content (AvgIpc) is 2.44. The highest BCUT2D eigenvalue weighted by atomic mass is 16.4. The van der Waals surface area contributed by atoms with Crippen LogP contribution in [0.3, 0.4) is 0 Å². The number of likely N-dealkylation sites (tertiary alicyclic amines) is 1. The van der Waals surface area contributed by atoms with Gasteiger partial charge in [-0.25, -0.2) is 4.79 Å². The summed E-state index contributed by atoms with van der Waals surface area (Å²) in [5.41, 5.74) is -0.699. The molecule has 1 heterocycles. The molecule has 0 aromatic carbocycles. The molecule has 7 nitrogen and oxygen atoms in total. The number of piperidine rings is 1. The summed E-state index contributed by atoms with van der Waals surface area (Å²) in [6.07, 6.45) is 2.27. The minimum atomic E-state index is -0.764. The van der Waals surface area contributed by atoms with Crippen molar-refractivity contribution in [1.82, 2.24) is 15.5 Å². The van der Waals surface area contributed by atoms with E-state index in [1.165, 1.54) is 7.05 Å². The number of carboxylic acid groups (broad SMARTS) is 1. The van der Waals surface area contributed by atoms with Gasteiger partial charge in [0.2, 0.25) is 5.91 Å². The number of hydrogen-bond acceptors (Lipinski definition) is 4. The molecule has 114 valence electrons. The quantitative estimate of drug-likeness (QED) is 0.679. The van der Waals surface area contributed by atoms with E-state index in [1.54, 1.807) is 0 Å². The maximum Gasteiger partial charge on any atom is 0.321 e. The molecule has 3 amide bonds. The Hall–Kier alpha value is -1.63. The van der Waals surface area contributed by atoms with E-state index in [-0.39, 0.29) is 12.3 Å². The van der Waals surface area contributed by atoms with Crippen molar-refractivity contribution < 1.29 is 19.5 Å². The lowest BCUT2D eigenvalue weighted by molar-refractivity contribution is -0.152. The first kappa shape index (κ1) is 16.4. The summed E-state index contributed by atoms with van der Waals surface area (Å²) in [4.78, 5) is 35.9. The number of imide groups is 1. The molecule has 1 fully saturated rings. The highest BCUT2D eigenvalue weighted by Gasteiger charge is 2.40. The average molecular weight is 285 g/mol. The third-order valence-corrected chi connectivity index (χ3v) is 3.92. The maximum absolute atomic E-state index is 11.5. The Labute approximate surface area is 118 Å². The van der Waals surface area contributed by atoms with E-state index in [0.717, 1.165) is 13.0 Å². The second-order valence-corrected chi connectivity index (χ2v) is 5.20. The number of carboxylic acids is 1. The standard InChI is InChI=1S/C13H23N3O4/c1-3-13(11(18)19)6-4-7-16(9-13)8-5-10(17)15-12(20)14-2/h3-9H2,1-2H3,(H,18,19)(H2,14,15,17,20). The van der Waals surface area contributed by atoms with Crippen LogP contribution in [0.5, 0.6) is 0 Å². The zero-order valence-corrected chi connectivity index (χ0v) is 12.1. The summed E-state index contributed by atoms with van der Waals surface area (Å²) in [6.45, 7) is 3.61. The topological polar surface area (TPSA) is 98.7 Å². The molecular formula is C13H23N3O4. The van der Waals surface area contributed by atoms with Gasteiger partial charge in [0.15, 0.2) is 0 Å². The van der Waals surface area contributed by atoms with Crippen LogP contribution in [0.2, 0.25) is 0 Å². The van der Waals surface area contributed by atoms with Gasteiger partial charge in [-0.2, -0.15) is 0 Å². The Kier molecular flexibility index (Phi) is 5.94. The molecule has 1 aliphatic rings. The number of hydrogen-bond donors (Lipinski definition) is 3. The normalized spacial score (nSPS) is 23.1. The Bertz CT molecular complexity index is 386. The molecule has 0 aromatic heterocycles. The Morgan fingerprint density at radius 1 is 1.35 bits per heavy atom. The minimum Gasteiger partial charge on any atom is -0.481 e. The number of carbonyl (C=O) groups is 3. The smallest absolute Gasteiger partial charge is 0.321 e. The van der Waals surface area contributed by atoms with E-state index in [1.807, 2.05) is 11.8 Å². The number of carbonyl (C=O) groups excluding carboxylic acids is 2. The van der Waals surface area contributed by atoms with Crippen LogP contribution in [0, 0.1) is 5.41 Å². The van der Waals surface area contributed by atoms with E-state index in [0.29, 0.717) is 25.9 Å². The Morgan fingerprint density at radius 2 is 2.05 bits per heavy atom. The van der Waals surface area contributed by atoms with Gasteiger partial charge >= 0.3 is 12.0 Å². The van der Waals surface area contributed by atoms with E-state index < -0.39 is 17.4 Å². The highest BCUT2D eigenvalue weighted by molar-refractivity contribution is 5.94. The zero-order valence-electron chi connectivity index (χ0n) is 12.1. The maximum atomic E-state index is 11.5. The number of nitrogens with zero attached hydrogens (tertiary/aromatic N) is 1. The van der Waals surface area contributed by atoms with Crippen molar-refractivity contribution in [2.75, 3.05) is 26.7 Å². The zero-order chi connectivity index (χ0) is 15.2. The molecule has 20 heavy (non-hydrogen) atoms. The Balaban J connectivity index is 2.46. The summed E-state index contributed by atoms with van der Waals surface area (Å²) in [6, 6.07) is -0.526. The molecular weight excluding hydrogens is 262 g/mol. The number of amides is 3. The second-order valence-electron chi connectivity index (χ2n) is 5.20. The van der Waals surface area contributed by atoms with Gasteiger partial charge in [0.05, 0.1) is 5.41 Å². The van der Waals surface area contributed by atoms with Gasteiger partial charge in [-0.15, -0.1) is 0 Å². The lowest BCUT2D eigenvalue weighted by Crippen LogP contribution is -2.48. The summed E-state index contributed by atoms with van der Waals surface area (Å²) < 4.78 is 0. The van der Waals surface area contributed by atoms with Crippen molar-refractivity contribution in [2.24, 2.45) is 5.41 Å². The first-order valence-corrected chi connectivity index (χ1v) is 6.91. The van der Waals surface area contributed by atoms with Crippen LogP contribution in [-0.4, -0.2) is 54.6 Å². The van der Waals surface area contributed by atoms with E-state index >= 15 is 0 Å². The van der Waals surface area contributed by atoms with Crippen LogP contribution in [0.15, 0.2) is 0 Å². The third kappa shape index (κ3) is 4.19. The molecule has 0 aliphatic carbocycles. The molecule has 0 radical (unpaired) electrons. The van der Waals surface area contributed by atoms with Crippen molar-refractivity contribution in [3.8, 4) is 0 Å². The second kappa shape index (κ2) is 7.23. The molecule has 0 bridgehead atoms. The fraction of sp³-hybridized carbons (Fsp3) is 0.769. The first-order chi connectivity index (χ1) is 9.43. The van der Waals surface area contributed by atoms with Crippen molar-refractivity contribution in [3.63, 3.8) is 0 Å². The van der Waals surface area contributed by atoms with Crippen molar-refractivity contribution in [1.29, 1.82) is 0 Å². The van der Waals surface area contributed by atoms with E-state index in [9.17, 15) is 19.5 Å². The first-order valence-electron chi connectivity index (χ1n) is 6.91. The summed E-state index contributed by atoms with van der Waals surface area (Å²) in [5, 5.41) is 13.9. The number of nitrogens with one attached hydrogen (secondary N) is 2. The molecule has 1 rings (SSSR count). The minimum absolute atomic E-state index is 0.187. The lowest BCUT2D eigenvalue weighted by atomic mass is 9.77. The molecule has 3 N–H and O–H groups in total. The highest BCUT2D eigenvalue weighted by Crippen LogP contribution is 2.33. The third-order valence-electron chi connectivity index (χ3n) is 3.92. The lowest BCUT2D eigenvalue weighted by Gasteiger charge is -2.39. The molecule has 0 saturated carbocycles. The van der Waals surface area contributed by atoms with Gasteiger partial charge in [-0.05, 0) is 25.8 Å². The monoisotopic (exact) mass is 285 g/mol. The van der Waals surface area contributed by atoms with Gasteiger partial charge in [0.1, 0.15) is 0 Å². The van der Waals surface area contributed by atoms with E-state index in [4.69, 9.17) is 0 Å². The molecule has 7 heteroatoms. The van der Waals surface area contributed by atoms with Gasteiger partial charge in [-0.1, -0.05) is 6.92 Å². The van der Waals surface area contributed by atoms with Crippen LogP contribution in [0.4, 0.5) is 4.79 Å². The molecule has 0 spiro atoms. The molecule has 1 aliphatic heterocycles. The van der Waals surface area contributed by atoms with Crippen LogP contribution < -0.4 is 10.6 Å². The fourth-order valence-corrected chi connectivity index (χ4v) is 2.54. The molecule has 0 aromatic rings. The van der Waals surface area contributed by atoms with Crippen molar-refractivity contribution in [3.05, 3.63) is 0 Å². The van der Waals surface area contributed by atoms with Crippen LogP contribution in [0.25, 0.3) is 0 Å². The van der Waals surface area contributed by atoms with Crippen LogP contribution in [-0.2, 0) is 9.59 Å². The number of urea groups is 1. The number of aliphatic carboxylic acids is 1. The molecule has 1 saturated heterocycles. The van der Waals surface area contributed by atoms with Crippen LogP contribution in [0.1, 0.15) is 32.6 Å². The summed E-state index contributed by atoms with van der Waals surface area (Å²) in [5.74, 6) is -1.12. The predicted molar refractivity (Wildman–Crippen MR) is 73.2 cm³/mol. The fourth-order valence-electron chi connectivity index (χ4n) is 2.54. The SMILES string of the molecule is CCC1(C(=O)O)CCCN(CCC(=O)NC(=O)NC)C1. The molecule has 1 atom stereocenters. The predicted octanol–water partition coefficient (Wildman–Crippen LogP) is 0.409. The van der Waals surface area contributed by atoms with Gasteiger partial charge < -0.3 is 15.3 Å². The van der Waals surface area contributed by atoms with Gasteiger partial charge in [0, 0.05) is 26.6 Å². The molecule has 1 unspecified atom stereocenters. The van der Waals surface area contributed by atoms with Crippen molar-refractivity contribution >= 4 is 17.9 Å². The van der Waals surface area contributed by atoms with E-state index in [2.05, 4.69) is 10.6 Å². The van der Waals surface area contributed by atoms with Crippen molar-refractivity contribution in [2.45, 2.75) is 32.6 Å². The van der Waals surface area contributed by atoms with Gasteiger partial charge in [0.25, 0.3) is 0 Å². The largest absolute Gasteiger partial charge is 0.481 e.